The number of β-amino-alcohol motifs (C(OH)–C–C–N with tert-alkyl or cyclic N) is 1. The van der Waals surface area contributed by atoms with Crippen molar-refractivity contribution in [3.8, 4) is 0 Å². The van der Waals surface area contributed by atoms with Crippen LogP contribution >= 0.6 is 0 Å². The minimum absolute atomic E-state index is 0.162. The number of rotatable bonds is 1. The van der Waals surface area contributed by atoms with Crippen molar-refractivity contribution in [1.29, 1.82) is 0 Å². The van der Waals surface area contributed by atoms with Crippen LogP contribution in [0.15, 0.2) is 0 Å². The first kappa shape index (κ1) is 13.5. The highest BCUT2D eigenvalue weighted by Crippen LogP contribution is 2.24. The van der Waals surface area contributed by atoms with E-state index in [4.69, 9.17) is 4.74 Å². The van der Waals surface area contributed by atoms with Gasteiger partial charge in [-0.1, -0.05) is 0 Å². The van der Waals surface area contributed by atoms with Crippen molar-refractivity contribution in [3.05, 3.63) is 0 Å². The first-order valence-electron chi connectivity index (χ1n) is 6.30. The zero-order chi connectivity index (χ0) is 13.5. The number of amides is 1. The van der Waals surface area contributed by atoms with Gasteiger partial charge in [0.15, 0.2) is 0 Å². The van der Waals surface area contributed by atoms with Crippen LogP contribution in [0.25, 0.3) is 0 Å². The third kappa shape index (κ3) is 2.92. The molecule has 1 amide bonds. The molecule has 5 nitrogen and oxygen atoms in total. The standard InChI is InChI=1S/C12H21FN2O3/c1-12(2,3)18-11(17)15-6-9(10(16)7-15)14-4-8(13)5-14/h8-10,16H,4-7H2,1-3H3/t9-,10-/m1/s1. The van der Waals surface area contributed by atoms with E-state index in [1.54, 1.807) is 20.8 Å². The third-order valence-corrected chi connectivity index (χ3v) is 3.24. The summed E-state index contributed by atoms with van der Waals surface area (Å²) in [6.45, 7) is 6.78. The highest BCUT2D eigenvalue weighted by molar-refractivity contribution is 5.68. The van der Waals surface area contributed by atoms with Gasteiger partial charge in [0.1, 0.15) is 11.8 Å². The lowest BCUT2D eigenvalue weighted by Crippen LogP contribution is -2.57. The van der Waals surface area contributed by atoms with Crippen molar-refractivity contribution in [2.75, 3.05) is 26.2 Å². The summed E-state index contributed by atoms with van der Waals surface area (Å²) in [6.07, 6.45) is -1.83. The maximum Gasteiger partial charge on any atom is 0.410 e. The van der Waals surface area contributed by atoms with Gasteiger partial charge in [-0.3, -0.25) is 4.90 Å². The number of ether oxygens (including phenoxy) is 1. The zero-order valence-corrected chi connectivity index (χ0v) is 11.1. The Labute approximate surface area is 106 Å². The molecule has 0 bridgehead atoms. The molecule has 0 radical (unpaired) electrons. The van der Waals surface area contributed by atoms with Crippen LogP contribution in [0.3, 0.4) is 0 Å². The van der Waals surface area contributed by atoms with Crippen LogP contribution in [0, 0.1) is 0 Å². The lowest BCUT2D eigenvalue weighted by molar-refractivity contribution is -0.00805. The van der Waals surface area contributed by atoms with Gasteiger partial charge in [0.25, 0.3) is 0 Å². The van der Waals surface area contributed by atoms with E-state index in [0.29, 0.717) is 19.6 Å². The van der Waals surface area contributed by atoms with Gasteiger partial charge in [-0.15, -0.1) is 0 Å². The number of halogens is 1. The summed E-state index contributed by atoms with van der Waals surface area (Å²) in [5, 5.41) is 9.91. The SMILES string of the molecule is CC(C)(C)OC(=O)N1C[C@@H](O)[C@H](N2CC(F)C2)C1. The Hall–Kier alpha value is -0.880. The van der Waals surface area contributed by atoms with Crippen molar-refractivity contribution in [3.63, 3.8) is 0 Å². The molecular weight excluding hydrogens is 239 g/mol. The number of hydrogen-bond acceptors (Lipinski definition) is 4. The minimum Gasteiger partial charge on any atom is -0.444 e. The van der Waals surface area contributed by atoms with E-state index in [1.807, 2.05) is 4.90 Å². The second-order valence-electron chi connectivity index (χ2n) is 6.07. The minimum atomic E-state index is -0.798. The molecule has 1 N–H and O–H groups in total. The van der Waals surface area contributed by atoms with Crippen LogP contribution in [0.4, 0.5) is 9.18 Å². The summed E-state index contributed by atoms with van der Waals surface area (Å²) in [4.78, 5) is 15.2. The molecule has 0 aromatic rings. The number of hydrogen-bond donors (Lipinski definition) is 1. The van der Waals surface area contributed by atoms with Crippen LogP contribution in [0.5, 0.6) is 0 Å². The average molecular weight is 260 g/mol. The fraction of sp³-hybridized carbons (Fsp3) is 0.917. The molecule has 2 aliphatic heterocycles. The van der Waals surface area contributed by atoms with Crippen molar-refractivity contribution in [2.24, 2.45) is 0 Å². The number of aliphatic hydroxyl groups excluding tert-OH is 1. The Morgan fingerprint density at radius 3 is 2.39 bits per heavy atom. The second kappa shape index (κ2) is 4.66. The molecule has 2 heterocycles. The van der Waals surface area contributed by atoms with Crippen LogP contribution in [0.2, 0.25) is 0 Å². The van der Waals surface area contributed by atoms with Crippen molar-refractivity contribution >= 4 is 6.09 Å². The third-order valence-electron chi connectivity index (χ3n) is 3.24. The smallest absolute Gasteiger partial charge is 0.410 e. The number of nitrogens with zero attached hydrogens (tertiary/aromatic N) is 2. The maximum atomic E-state index is 12.8. The summed E-state index contributed by atoms with van der Waals surface area (Å²) >= 11 is 0. The van der Waals surface area contributed by atoms with Gasteiger partial charge in [-0.2, -0.15) is 0 Å². The summed E-state index contributed by atoms with van der Waals surface area (Å²) in [6, 6.07) is -0.162. The summed E-state index contributed by atoms with van der Waals surface area (Å²) in [5.41, 5.74) is -0.541. The van der Waals surface area contributed by atoms with E-state index >= 15 is 0 Å². The molecule has 0 spiro atoms. The first-order chi connectivity index (χ1) is 8.26. The summed E-state index contributed by atoms with van der Waals surface area (Å²) in [7, 11) is 0. The van der Waals surface area contributed by atoms with E-state index in [1.165, 1.54) is 4.90 Å². The average Bonchev–Trinajstić information content (AvgIpc) is 2.53. The highest BCUT2D eigenvalue weighted by Gasteiger charge is 2.43. The second-order valence-corrected chi connectivity index (χ2v) is 6.07. The first-order valence-corrected chi connectivity index (χ1v) is 6.30. The van der Waals surface area contributed by atoms with Gasteiger partial charge in [-0.05, 0) is 20.8 Å². The van der Waals surface area contributed by atoms with Crippen LogP contribution < -0.4 is 0 Å². The Bertz CT molecular complexity index is 326. The lowest BCUT2D eigenvalue weighted by atomic mass is 10.1. The number of carbonyl (C=O) groups excluding carboxylic acids is 1. The quantitative estimate of drug-likeness (QED) is 0.751. The van der Waals surface area contributed by atoms with E-state index in [0.717, 1.165) is 0 Å². The molecule has 2 aliphatic rings. The maximum absolute atomic E-state index is 12.8. The number of aliphatic hydroxyl groups is 1. The predicted octanol–water partition coefficient (Wildman–Crippen LogP) is 0.620. The van der Waals surface area contributed by atoms with E-state index in [2.05, 4.69) is 0 Å². The fourth-order valence-electron chi connectivity index (χ4n) is 2.33. The number of alkyl halides is 1. The lowest BCUT2D eigenvalue weighted by Gasteiger charge is -2.39. The van der Waals surface area contributed by atoms with Crippen molar-refractivity contribution < 1.29 is 19.0 Å². The van der Waals surface area contributed by atoms with E-state index in [-0.39, 0.29) is 12.6 Å². The molecule has 0 unspecified atom stereocenters. The Balaban J connectivity index is 1.88. The molecular formula is C12H21FN2O3. The van der Waals surface area contributed by atoms with Gasteiger partial charge < -0.3 is 14.7 Å². The fourth-order valence-corrected chi connectivity index (χ4v) is 2.33. The summed E-state index contributed by atoms with van der Waals surface area (Å²) < 4.78 is 18.1. The Kier molecular flexibility index (Phi) is 3.51. The van der Waals surface area contributed by atoms with Gasteiger partial charge in [0.2, 0.25) is 0 Å². The highest BCUT2D eigenvalue weighted by atomic mass is 19.1. The number of likely N-dealkylation sites (tertiary alicyclic amines) is 2. The summed E-state index contributed by atoms with van der Waals surface area (Å²) in [5.74, 6) is 0. The van der Waals surface area contributed by atoms with Crippen molar-refractivity contribution in [2.45, 2.75) is 44.7 Å². The molecule has 2 rings (SSSR count). The number of carbonyl (C=O) groups is 1. The molecule has 18 heavy (non-hydrogen) atoms. The van der Waals surface area contributed by atoms with Crippen molar-refractivity contribution in [1.82, 2.24) is 9.80 Å². The van der Waals surface area contributed by atoms with Gasteiger partial charge in [-0.25, -0.2) is 9.18 Å². The monoisotopic (exact) mass is 260 g/mol. The normalized spacial score (nSPS) is 30.4. The largest absolute Gasteiger partial charge is 0.444 e. The van der Waals surface area contributed by atoms with E-state index in [9.17, 15) is 14.3 Å². The zero-order valence-electron chi connectivity index (χ0n) is 11.1. The van der Waals surface area contributed by atoms with Gasteiger partial charge in [0.05, 0.1) is 18.7 Å². The molecule has 0 aromatic heterocycles. The molecule has 2 saturated heterocycles. The Morgan fingerprint density at radius 1 is 1.28 bits per heavy atom. The molecule has 0 aromatic carbocycles. The van der Waals surface area contributed by atoms with E-state index < -0.39 is 24.0 Å². The van der Waals surface area contributed by atoms with Crippen LogP contribution in [0.1, 0.15) is 20.8 Å². The molecule has 6 heteroatoms. The molecule has 2 fully saturated rings. The molecule has 104 valence electrons. The molecule has 0 saturated carbocycles. The van der Waals surface area contributed by atoms with Crippen LogP contribution in [-0.4, -0.2) is 71.1 Å². The topological polar surface area (TPSA) is 53.0 Å². The molecule has 2 atom stereocenters. The van der Waals surface area contributed by atoms with Gasteiger partial charge >= 0.3 is 6.09 Å². The Morgan fingerprint density at radius 2 is 1.89 bits per heavy atom. The molecule has 0 aliphatic carbocycles. The predicted molar refractivity (Wildman–Crippen MR) is 64.1 cm³/mol. The van der Waals surface area contributed by atoms with Crippen LogP contribution in [-0.2, 0) is 4.74 Å². The van der Waals surface area contributed by atoms with Gasteiger partial charge in [0, 0.05) is 19.6 Å².